The summed E-state index contributed by atoms with van der Waals surface area (Å²) in [7, 11) is 6.48. The smallest absolute Gasteiger partial charge is 0.246 e. The molecule has 2 atom stereocenters. The average molecular weight is 429 g/mol. The number of carbonyl (C=O) groups excluding carboxylic acids is 1. The van der Waals surface area contributed by atoms with Crippen molar-refractivity contribution in [3.63, 3.8) is 0 Å². The number of rotatable bonds is 9. The third-order valence-corrected chi connectivity index (χ3v) is 5.68. The van der Waals surface area contributed by atoms with Crippen molar-refractivity contribution >= 4 is 5.91 Å². The van der Waals surface area contributed by atoms with Crippen LogP contribution in [-0.2, 0) is 22.5 Å². The van der Waals surface area contributed by atoms with E-state index < -0.39 is 0 Å². The number of fused-ring (bicyclic) bond motifs is 1. The molecule has 1 amide bonds. The van der Waals surface area contributed by atoms with Crippen molar-refractivity contribution in [1.82, 2.24) is 10.2 Å². The quantitative estimate of drug-likeness (QED) is 0.662. The van der Waals surface area contributed by atoms with Crippen LogP contribution in [0.25, 0.3) is 0 Å². The maximum Gasteiger partial charge on any atom is 0.246 e. The largest absolute Gasteiger partial charge is 0.497 e. The molecule has 0 radical (unpaired) electrons. The van der Waals surface area contributed by atoms with Crippen molar-refractivity contribution in [3.05, 3.63) is 53.1 Å². The Morgan fingerprint density at radius 2 is 1.84 bits per heavy atom. The Kier molecular flexibility index (Phi) is 7.76. The molecule has 0 fully saturated rings. The third-order valence-electron chi connectivity index (χ3n) is 5.68. The Morgan fingerprint density at radius 3 is 2.52 bits per heavy atom. The van der Waals surface area contributed by atoms with Crippen LogP contribution in [0.4, 0.5) is 0 Å². The number of amides is 1. The van der Waals surface area contributed by atoms with Gasteiger partial charge in [0.15, 0.2) is 11.5 Å². The van der Waals surface area contributed by atoms with Gasteiger partial charge in [-0.1, -0.05) is 12.1 Å². The molecule has 0 aliphatic carbocycles. The Labute approximate surface area is 184 Å². The van der Waals surface area contributed by atoms with Crippen LogP contribution in [0.5, 0.6) is 17.2 Å². The first-order valence-corrected chi connectivity index (χ1v) is 10.4. The Hall–Kier alpha value is -2.77. The van der Waals surface area contributed by atoms with Crippen LogP contribution < -0.4 is 19.5 Å². The summed E-state index contributed by atoms with van der Waals surface area (Å²) in [5.41, 5.74) is 3.50. The third kappa shape index (κ3) is 5.29. The van der Waals surface area contributed by atoms with E-state index >= 15 is 0 Å². The lowest BCUT2D eigenvalue weighted by Crippen LogP contribution is -2.48. The summed E-state index contributed by atoms with van der Waals surface area (Å²) in [5.74, 6) is 2.10. The van der Waals surface area contributed by atoms with Crippen LogP contribution in [0.2, 0.25) is 0 Å². The van der Waals surface area contributed by atoms with E-state index in [1.807, 2.05) is 31.2 Å². The van der Waals surface area contributed by atoms with Gasteiger partial charge in [-0.25, -0.2) is 0 Å². The Morgan fingerprint density at radius 1 is 1.10 bits per heavy atom. The zero-order chi connectivity index (χ0) is 22.4. The fourth-order valence-corrected chi connectivity index (χ4v) is 4.30. The zero-order valence-electron chi connectivity index (χ0n) is 18.9. The molecule has 7 heteroatoms. The maximum absolute atomic E-state index is 12.3. The molecule has 0 spiro atoms. The normalized spacial score (nSPS) is 16.9. The first-order chi connectivity index (χ1) is 15.0. The van der Waals surface area contributed by atoms with Gasteiger partial charge in [0.1, 0.15) is 12.4 Å². The summed E-state index contributed by atoms with van der Waals surface area (Å²) in [4.78, 5) is 14.7. The summed E-state index contributed by atoms with van der Waals surface area (Å²) in [6.45, 7) is 3.66. The molecule has 31 heavy (non-hydrogen) atoms. The molecule has 2 aromatic carbocycles. The van der Waals surface area contributed by atoms with Gasteiger partial charge in [-0.05, 0) is 54.3 Å². The highest BCUT2D eigenvalue weighted by Crippen LogP contribution is 2.40. The number of methoxy groups -OCH3 is 4. The molecule has 1 aliphatic heterocycles. The molecule has 0 aromatic heterocycles. The molecule has 1 aliphatic rings. The minimum absolute atomic E-state index is 0.0319. The van der Waals surface area contributed by atoms with Crippen LogP contribution >= 0.6 is 0 Å². The van der Waals surface area contributed by atoms with E-state index in [1.165, 1.54) is 12.7 Å². The van der Waals surface area contributed by atoms with Crippen molar-refractivity contribution in [3.8, 4) is 17.2 Å². The predicted octanol–water partition coefficient (Wildman–Crippen LogP) is 2.96. The average Bonchev–Trinajstić information content (AvgIpc) is 2.78. The second kappa shape index (κ2) is 10.5. The fourth-order valence-electron chi connectivity index (χ4n) is 4.30. The summed E-state index contributed by atoms with van der Waals surface area (Å²) in [5, 5.41) is 3.09. The Bertz CT molecular complexity index is 902. The number of hydrogen-bond acceptors (Lipinski definition) is 6. The first kappa shape index (κ1) is 22.9. The molecule has 0 saturated carbocycles. The molecular formula is C24H32N2O5. The number of hydrogen-bond donors (Lipinski definition) is 1. The van der Waals surface area contributed by atoms with Crippen LogP contribution in [0.1, 0.15) is 29.7 Å². The molecule has 0 saturated heterocycles. The molecule has 0 bridgehead atoms. The standard InChI is InChI=1S/C24H32N2O5/c1-16(25-23(27)15-28-2)24-20-13-22(31-5)21(30-4)12-18(20)9-10-26(24)14-17-7-6-8-19(11-17)29-3/h6-8,11-13,16,24H,9-10,14-15H2,1-5H3,(H,25,27)/t16-,24+/m1/s1. The zero-order valence-corrected chi connectivity index (χ0v) is 18.9. The van der Waals surface area contributed by atoms with E-state index in [9.17, 15) is 4.79 Å². The molecule has 0 unspecified atom stereocenters. The minimum atomic E-state index is -0.135. The highest BCUT2D eigenvalue weighted by molar-refractivity contribution is 5.77. The monoisotopic (exact) mass is 428 g/mol. The van der Waals surface area contributed by atoms with Gasteiger partial charge in [0.05, 0.1) is 27.4 Å². The molecule has 7 nitrogen and oxygen atoms in total. The van der Waals surface area contributed by atoms with E-state index in [4.69, 9.17) is 18.9 Å². The lowest BCUT2D eigenvalue weighted by Gasteiger charge is -2.41. The molecule has 3 rings (SSSR count). The first-order valence-electron chi connectivity index (χ1n) is 10.4. The highest BCUT2D eigenvalue weighted by Gasteiger charge is 2.33. The summed E-state index contributed by atoms with van der Waals surface area (Å²) >= 11 is 0. The van der Waals surface area contributed by atoms with Crippen molar-refractivity contribution in [2.45, 2.75) is 32.0 Å². The summed E-state index contributed by atoms with van der Waals surface area (Å²) in [6.07, 6.45) is 0.884. The van der Waals surface area contributed by atoms with Crippen LogP contribution in [0.15, 0.2) is 36.4 Å². The van der Waals surface area contributed by atoms with Gasteiger partial charge in [-0.2, -0.15) is 0 Å². The van der Waals surface area contributed by atoms with Gasteiger partial charge in [0, 0.05) is 26.2 Å². The van der Waals surface area contributed by atoms with Gasteiger partial charge >= 0.3 is 0 Å². The number of benzene rings is 2. The highest BCUT2D eigenvalue weighted by atomic mass is 16.5. The topological polar surface area (TPSA) is 69.3 Å². The molecule has 1 heterocycles. The SMILES string of the molecule is COCC(=O)N[C@H](C)[C@H]1c2cc(OC)c(OC)cc2CCN1Cc1cccc(OC)c1. The van der Waals surface area contributed by atoms with Crippen molar-refractivity contribution in [1.29, 1.82) is 0 Å². The second-order valence-corrected chi connectivity index (χ2v) is 7.71. The summed E-state index contributed by atoms with van der Waals surface area (Å²) < 4.78 is 21.5. The minimum Gasteiger partial charge on any atom is -0.497 e. The van der Waals surface area contributed by atoms with Crippen LogP contribution in [0, 0.1) is 0 Å². The van der Waals surface area contributed by atoms with E-state index in [1.54, 1.807) is 21.3 Å². The Balaban J connectivity index is 1.97. The summed E-state index contributed by atoms with van der Waals surface area (Å²) in [6, 6.07) is 12.0. The van der Waals surface area contributed by atoms with E-state index in [0.29, 0.717) is 5.75 Å². The van der Waals surface area contributed by atoms with Gasteiger partial charge in [-0.3, -0.25) is 9.69 Å². The van der Waals surface area contributed by atoms with Gasteiger partial charge < -0.3 is 24.3 Å². The second-order valence-electron chi connectivity index (χ2n) is 7.71. The van der Waals surface area contributed by atoms with E-state index in [-0.39, 0.29) is 24.6 Å². The van der Waals surface area contributed by atoms with Crippen molar-refractivity contribution < 1.29 is 23.7 Å². The molecular weight excluding hydrogens is 396 g/mol. The number of carbonyl (C=O) groups is 1. The molecule has 168 valence electrons. The van der Waals surface area contributed by atoms with Crippen LogP contribution in [-0.4, -0.2) is 58.4 Å². The lowest BCUT2D eigenvalue weighted by molar-refractivity contribution is -0.125. The lowest BCUT2D eigenvalue weighted by atomic mass is 9.87. The van der Waals surface area contributed by atoms with Gasteiger partial charge in [-0.15, -0.1) is 0 Å². The number of nitrogens with one attached hydrogen (secondary N) is 1. The molecule has 2 aromatic rings. The van der Waals surface area contributed by atoms with E-state index in [2.05, 4.69) is 22.3 Å². The predicted molar refractivity (Wildman–Crippen MR) is 119 cm³/mol. The van der Waals surface area contributed by atoms with Gasteiger partial charge in [0.25, 0.3) is 0 Å². The number of ether oxygens (including phenoxy) is 4. The van der Waals surface area contributed by atoms with Crippen molar-refractivity contribution in [2.75, 3.05) is 41.6 Å². The maximum atomic E-state index is 12.3. The van der Waals surface area contributed by atoms with Gasteiger partial charge in [0.2, 0.25) is 5.91 Å². The van der Waals surface area contributed by atoms with Crippen LogP contribution in [0.3, 0.4) is 0 Å². The molecule has 1 N–H and O–H groups in total. The fraction of sp³-hybridized carbons (Fsp3) is 0.458. The number of nitrogens with zero attached hydrogens (tertiary/aromatic N) is 1. The van der Waals surface area contributed by atoms with Crippen molar-refractivity contribution in [2.24, 2.45) is 0 Å². The van der Waals surface area contributed by atoms with E-state index in [0.717, 1.165) is 42.1 Å².